The fourth-order valence-corrected chi connectivity index (χ4v) is 2.81. The maximum Gasteiger partial charge on any atom is 0.294 e. The summed E-state index contributed by atoms with van der Waals surface area (Å²) < 4.78 is 11.4. The van der Waals surface area contributed by atoms with Gasteiger partial charge < -0.3 is 10.5 Å². The molecule has 2 aromatic heterocycles. The molecule has 0 saturated heterocycles. The maximum absolute atomic E-state index is 12.8. The number of amides is 1. The van der Waals surface area contributed by atoms with Gasteiger partial charge in [0, 0.05) is 5.56 Å². The summed E-state index contributed by atoms with van der Waals surface area (Å²) in [7, 11) is 0. The molecule has 0 radical (unpaired) electrons. The minimum Gasteiger partial charge on any atom is -0.494 e. The number of nitrogens with two attached hydrogens (primary N) is 1. The van der Waals surface area contributed by atoms with Crippen LogP contribution in [0.5, 0.6) is 5.75 Å². The molecule has 4 aromatic rings. The Morgan fingerprint density at radius 2 is 1.97 bits per heavy atom. The number of ether oxygens (including phenoxy) is 1. The van der Waals surface area contributed by atoms with Gasteiger partial charge in [-0.3, -0.25) is 4.79 Å². The molecule has 0 spiro atoms. The molecule has 0 fully saturated rings. The Bertz CT molecular complexity index is 1200. The zero-order chi connectivity index (χ0) is 21.6. The van der Waals surface area contributed by atoms with Crippen LogP contribution in [-0.2, 0) is 0 Å². The lowest BCUT2D eigenvalue weighted by molar-refractivity contribution is 0.0950. The fourth-order valence-electron chi connectivity index (χ4n) is 2.81. The fraction of sp³-hybridized carbons (Fsp3) is 0.100. The van der Waals surface area contributed by atoms with Gasteiger partial charge in [0.2, 0.25) is 11.6 Å². The summed E-state index contributed by atoms with van der Waals surface area (Å²) in [4.78, 5) is 12.8. The molecule has 0 bridgehead atoms. The first-order valence-corrected chi connectivity index (χ1v) is 9.33. The van der Waals surface area contributed by atoms with E-state index in [2.05, 4.69) is 35.8 Å². The quantitative estimate of drug-likeness (QED) is 0.342. The van der Waals surface area contributed by atoms with Gasteiger partial charge in [-0.25, -0.2) is 10.1 Å². The largest absolute Gasteiger partial charge is 0.494 e. The SMILES string of the molecule is CCOc1ccc(C=NNC(=O)c2nnn(-c3nonc3N)c2-c2ccccc2)cc1. The van der Waals surface area contributed by atoms with Gasteiger partial charge >= 0.3 is 0 Å². The predicted octanol–water partition coefficient (Wildman–Crippen LogP) is 2.06. The van der Waals surface area contributed by atoms with E-state index < -0.39 is 5.91 Å². The standard InChI is InChI=1S/C20H18N8O3/c1-2-30-15-10-8-13(9-11-15)12-22-24-20(29)16-17(14-6-4-3-5-7-14)28(27-23-16)19-18(21)25-31-26-19/h3-12H,2H2,1H3,(H2,21,25)(H,24,29). The maximum atomic E-state index is 12.8. The number of benzene rings is 2. The molecule has 0 unspecified atom stereocenters. The second-order valence-electron chi connectivity index (χ2n) is 6.24. The van der Waals surface area contributed by atoms with Crippen LogP contribution in [0.2, 0.25) is 0 Å². The highest BCUT2D eigenvalue weighted by atomic mass is 16.6. The lowest BCUT2D eigenvalue weighted by Crippen LogP contribution is -2.19. The van der Waals surface area contributed by atoms with Crippen molar-refractivity contribution in [3.8, 4) is 22.8 Å². The number of hydrogen-bond donors (Lipinski definition) is 2. The Morgan fingerprint density at radius 3 is 2.65 bits per heavy atom. The molecule has 31 heavy (non-hydrogen) atoms. The van der Waals surface area contributed by atoms with E-state index in [1.165, 1.54) is 10.9 Å². The Balaban J connectivity index is 1.59. The van der Waals surface area contributed by atoms with E-state index >= 15 is 0 Å². The summed E-state index contributed by atoms with van der Waals surface area (Å²) >= 11 is 0. The number of nitrogens with zero attached hydrogens (tertiary/aromatic N) is 6. The molecule has 0 aliphatic carbocycles. The van der Waals surface area contributed by atoms with Crippen molar-refractivity contribution in [2.45, 2.75) is 6.92 Å². The van der Waals surface area contributed by atoms with E-state index in [4.69, 9.17) is 10.5 Å². The molecule has 0 atom stereocenters. The molecule has 3 N–H and O–H groups in total. The van der Waals surface area contributed by atoms with E-state index in [0.717, 1.165) is 11.3 Å². The van der Waals surface area contributed by atoms with Gasteiger partial charge in [0.15, 0.2) is 5.69 Å². The van der Waals surface area contributed by atoms with Crippen LogP contribution >= 0.6 is 0 Å². The molecule has 11 nitrogen and oxygen atoms in total. The first-order valence-electron chi connectivity index (χ1n) is 9.33. The first-order chi connectivity index (χ1) is 15.2. The number of carbonyl (C=O) groups excluding carboxylic acids is 1. The number of carbonyl (C=O) groups is 1. The van der Waals surface area contributed by atoms with Gasteiger partial charge in [-0.05, 0) is 47.1 Å². The van der Waals surface area contributed by atoms with Gasteiger partial charge in [0.05, 0.1) is 12.8 Å². The number of hydrazone groups is 1. The Morgan fingerprint density at radius 1 is 1.19 bits per heavy atom. The Kier molecular flexibility index (Phi) is 5.65. The number of nitrogen functional groups attached to an aromatic ring is 1. The van der Waals surface area contributed by atoms with Crippen molar-refractivity contribution in [2.24, 2.45) is 5.10 Å². The van der Waals surface area contributed by atoms with E-state index in [1.807, 2.05) is 49.4 Å². The molecule has 0 aliphatic heterocycles. The molecule has 2 aromatic carbocycles. The number of nitrogens with one attached hydrogen (secondary N) is 1. The lowest BCUT2D eigenvalue weighted by Gasteiger charge is -2.05. The zero-order valence-electron chi connectivity index (χ0n) is 16.5. The molecule has 156 valence electrons. The third kappa shape index (κ3) is 4.24. The van der Waals surface area contributed by atoms with Crippen LogP contribution in [0.3, 0.4) is 0 Å². The minimum atomic E-state index is -0.553. The van der Waals surface area contributed by atoms with Gasteiger partial charge in [-0.2, -0.15) is 9.78 Å². The van der Waals surface area contributed by atoms with Crippen LogP contribution in [-0.4, -0.2) is 44.0 Å². The average Bonchev–Trinajstić information content (AvgIpc) is 3.41. The average molecular weight is 418 g/mol. The molecule has 0 aliphatic rings. The van der Waals surface area contributed by atoms with Gasteiger partial charge in [0.25, 0.3) is 5.91 Å². The molecule has 1 amide bonds. The number of hydrogen-bond acceptors (Lipinski definition) is 9. The summed E-state index contributed by atoms with van der Waals surface area (Å²) in [5.74, 6) is 0.350. The third-order valence-electron chi connectivity index (χ3n) is 4.20. The van der Waals surface area contributed by atoms with E-state index in [1.54, 1.807) is 12.1 Å². The summed E-state index contributed by atoms with van der Waals surface area (Å²) in [6.07, 6.45) is 1.51. The Labute approximate surface area is 176 Å². The van der Waals surface area contributed by atoms with Crippen molar-refractivity contribution in [2.75, 3.05) is 12.3 Å². The molecule has 4 rings (SSSR count). The molecule has 2 heterocycles. The monoisotopic (exact) mass is 418 g/mol. The number of aromatic nitrogens is 5. The smallest absolute Gasteiger partial charge is 0.294 e. The van der Waals surface area contributed by atoms with Gasteiger partial charge in [0.1, 0.15) is 11.4 Å². The van der Waals surface area contributed by atoms with E-state index in [-0.39, 0.29) is 17.3 Å². The number of rotatable bonds is 7. The summed E-state index contributed by atoms with van der Waals surface area (Å²) in [6, 6.07) is 16.4. The van der Waals surface area contributed by atoms with Crippen molar-refractivity contribution >= 4 is 17.9 Å². The van der Waals surface area contributed by atoms with Crippen molar-refractivity contribution in [3.63, 3.8) is 0 Å². The van der Waals surface area contributed by atoms with Crippen molar-refractivity contribution in [1.82, 2.24) is 30.7 Å². The van der Waals surface area contributed by atoms with Gasteiger partial charge in [-0.1, -0.05) is 35.5 Å². The summed E-state index contributed by atoms with van der Waals surface area (Å²) in [6.45, 7) is 2.50. The Hall–Kier alpha value is -4.54. The van der Waals surface area contributed by atoms with E-state index in [9.17, 15) is 4.79 Å². The molecular weight excluding hydrogens is 400 g/mol. The van der Waals surface area contributed by atoms with Crippen LogP contribution in [0, 0.1) is 0 Å². The second kappa shape index (κ2) is 8.86. The predicted molar refractivity (Wildman–Crippen MR) is 112 cm³/mol. The van der Waals surface area contributed by atoms with Crippen molar-refractivity contribution < 1.29 is 14.2 Å². The highest BCUT2D eigenvalue weighted by Crippen LogP contribution is 2.26. The van der Waals surface area contributed by atoms with Crippen molar-refractivity contribution in [1.29, 1.82) is 0 Å². The lowest BCUT2D eigenvalue weighted by atomic mass is 10.1. The van der Waals surface area contributed by atoms with Crippen LogP contribution in [0.15, 0.2) is 64.3 Å². The minimum absolute atomic E-state index is 0.0163. The van der Waals surface area contributed by atoms with E-state index in [0.29, 0.717) is 17.9 Å². The molecule has 0 saturated carbocycles. The number of anilines is 1. The third-order valence-corrected chi connectivity index (χ3v) is 4.20. The summed E-state index contributed by atoms with van der Waals surface area (Å²) in [5, 5.41) is 19.3. The van der Waals surface area contributed by atoms with Gasteiger partial charge in [-0.15, -0.1) is 5.10 Å². The highest BCUT2D eigenvalue weighted by Gasteiger charge is 2.24. The van der Waals surface area contributed by atoms with Crippen LogP contribution in [0.4, 0.5) is 5.82 Å². The second-order valence-corrected chi connectivity index (χ2v) is 6.24. The zero-order valence-corrected chi connectivity index (χ0v) is 16.5. The topological polar surface area (TPSA) is 146 Å². The van der Waals surface area contributed by atoms with Crippen LogP contribution < -0.4 is 15.9 Å². The highest BCUT2D eigenvalue weighted by molar-refractivity contribution is 5.98. The van der Waals surface area contributed by atoms with Crippen LogP contribution in [0.25, 0.3) is 17.1 Å². The summed E-state index contributed by atoms with van der Waals surface area (Å²) in [5.41, 5.74) is 10.1. The normalized spacial score (nSPS) is 11.0. The van der Waals surface area contributed by atoms with Crippen molar-refractivity contribution in [3.05, 3.63) is 65.9 Å². The van der Waals surface area contributed by atoms with Crippen LogP contribution in [0.1, 0.15) is 23.0 Å². The molecular formula is C20H18N8O3. The molecule has 11 heteroatoms. The first kappa shape index (κ1) is 19.8.